The highest BCUT2D eigenvalue weighted by Crippen LogP contribution is 2.06. The second kappa shape index (κ2) is 4.71. The third kappa shape index (κ3) is 2.55. The number of hydrogen-bond acceptors (Lipinski definition) is 3. The molecule has 0 amide bonds. The van der Waals surface area contributed by atoms with E-state index in [1.165, 1.54) is 6.07 Å². The fourth-order valence-electron chi connectivity index (χ4n) is 1.70. The number of hydrogen-bond donors (Lipinski definition) is 0. The molecule has 6 heteroatoms. The molecule has 2 rings (SSSR count). The molecule has 90 valence electrons. The quantitative estimate of drug-likeness (QED) is 0.773. The fourth-order valence-corrected chi connectivity index (χ4v) is 1.89. The maximum Gasteiger partial charge on any atom is 0.255 e. The monoisotopic (exact) mass is 252 g/mol. The Morgan fingerprint density at radius 2 is 2.24 bits per heavy atom. The van der Waals surface area contributed by atoms with Gasteiger partial charge in [-0.2, -0.15) is 5.10 Å². The number of rotatable bonds is 3. The van der Waals surface area contributed by atoms with E-state index in [0.717, 1.165) is 5.56 Å². The van der Waals surface area contributed by atoms with E-state index in [9.17, 15) is 4.79 Å². The van der Waals surface area contributed by atoms with Gasteiger partial charge in [0.25, 0.3) is 5.56 Å². The normalized spacial score (nSPS) is 10.8. The van der Waals surface area contributed by atoms with E-state index in [4.69, 9.17) is 11.6 Å². The van der Waals surface area contributed by atoms with E-state index in [-0.39, 0.29) is 10.7 Å². The predicted molar refractivity (Wildman–Crippen MR) is 65.2 cm³/mol. The molecule has 2 aromatic heterocycles. The van der Waals surface area contributed by atoms with Gasteiger partial charge in [-0.25, -0.2) is 4.98 Å². The number of aryl methyl sites for hydroxylation is 2. The van der Waals surface area contributed by atoms with Crippen LogP contribution in [0, 0.1) is 0 Å². The van der Waals surface area contributed by atoms with Gasteiger partial charge in [0.15, 0.2) is 0 Å². The lowest BCUT2D eigenvalue weighted by Crippen LogP contribution is -2.24. The van der Waals surface area contributed by atoms with Gasteiger partial charge in [-0.05, 0) is 0 Å². The van der Waals surface area contributed by atoms with Crippen molar-refractivity contribution >= 4 is 11.6 Å². The molecule has 0 bridgehead atoms. The summed E-state index contributed by atoms with van der Waals surface area (Å²) in [5.41, 5.74) is 0.833. The van der Waals surface area contributed by atoms with Crippen LogP contribution in [0.2, 0.25) is 5.15 Å². The summed E-state index contributed by atoms with van der Waals surface area (Å²) in [5, 5.41) is 4.32. The molecular formula is C11H13ClN4O. The van der Waals surface area contributed by atoms with Gasteiger partial charge in [-0.15, -0.1) is 0 Å². The van der Waals surface area contributed by atoms with Crippen molar-refractivity contribution in [3.8, 4) is 0 Å². The van der Waals surface area contributed by atoms with Crippen molar-refractivity contribution in [2.75, 3.05) is 0 Å². The Labute approximate surface area is 104 Å². The molecule has 0 spiro atoms. The molecular weight excluding hydrogens is 240 g/mol. The fraction of sp³-hybridized carbons (Fsp3) is 0.364. The van der Waals surface area contributed by atoms with Crippen LogP contribution in [0.25, 0.3) is 0 Å². The molecule has 2 aromatic rings. The van der Waals surface area contributed by atoms with Crippen molar-refractivity contribution in [3.05, 3.63) is 45.4 Å². The Morgan fingerprint density at radius 1 is 1.47 bits per heavy atom. The zero-order chi connectivity index (χ0) is 12.4. The highest BCUT2D eigenvalue weighted by molar-refractivity contribution is 6.29. The Morgan fingerprint density at radius 3 is 2.82 bits per heavy atom. The molecule has 0 aliphatic heterocycles. The molecule has 0 fully saturated rings. The molecule has 17 heavy (non-hydrogen) atoms. The van der Waals surface area contributed by atoms with E-state index in [2.05, 4.69) is 10.1 Å². The molecule has 0 N–H and O–H groups in total. The van der Waals surface area contributed by atoms with E-state index in [1.54, 1.807) is 15.4 Å². The first-order valence-electron chi connectivity index (χ1n) is 5.34. The number of nitrogens with zero attached hydrogens (tertiary/aromatic N) is 4. The largest absolute Gasteiger partial charge is 0.292 e. The average Bonchev–Trinajstić information content (AvgIpc) is 2.67. The van der Waals surface area contributed by atoms with Gasteiger partial charge in [0.05, 0.1) is 12.7 Å². The van der Waals surface area contributed by atoms with Crippen LogP contribution in [0.4, 0.5) is 0 Å². The summed E-state index contributed by atoms with van der Waals surface area (Å²) in [5.74, 6) is 0.686. The highest BCUT2D eigenvalue weighted by atomic mass is 35.5. The maximum atomic E-state index is 11.8. The molecule has 0 aromatic carbocycles. The van der Waals surface area contributed by atoms with Gasteiger partial charge in [0.1, 0.15) is 11.0 Å². The van der Waals surface area contributed by atoms with E-state index in [1.807, 2.05) is 20.2 Å². The van der Waals surface area contributed by atoms with E-state index in [0.29, 0.717) is 18.8 Å². The van der Waals surface area contributed by atoms with Crippen LogP contribution in [0.5, 0.6) is 0 Å². The van der Waals surface area contributed by atoms with Gasteiger partial charge >= 0.3 is 0 Å². The van der Waals surface area contributed by atoms with Gasteiger partial charge in [0.2, 0.25) is 0 Å². The first-order valence-corrected chi connectivity index (χ1v) is 5.71. The summed E-state index contributed by atoms with van der Waals surface area (Å²) < 4.78 is 3.32. The topological polar surface area (TPSA) is 52.7 Å². The van der Waals surface area contributed by atoms with Crippen molar-refractivity contribution in [1.29, 1.82) is 0 Å². The minimum Gasteiger partial charge on any atom is -0.292 e. The van der Waals surface area contributed by atoms with Crippen LogP contribution in [0.1, 0.15) is 18.3 Å². The predicted octanol–water partition coefficient (Wildman–Crippen LogP) is 1.24. The third-order valence-electron chi connectivity index (χ3n) is 2.47. The van der Waals surface area contributed by atoms with Crippen LogP contribution in [0.15, 0.2) is 23.3 Å². The summed E-state index contributed by atoms with van der Waals surface area (Å²) in [6.07, 6.45) is 4.27. The third-order valence-corrected chi connectivity index (χ3v) is 2.66. The highest BCUT2D eigenvalue weighted by Gasteiger charge is 2.07. The Balaban J connectivity index is 2.41. The average molecular weight is 253 g/mol. The molecule has 2 heterocycles. The van der Waals surface area contributed by atoms with Crippen molar-refractivity contribution in [2.45, 2.75) is 19.9 Å². The minimum absolute atomic E-state index is 0.134. The lowest BCUT2D eigenvalue weighted by molar-refractivity contribution is 0.673. The SMILES string of the molecule is CCc1nc(Cl)cc(=O)n1Cc1cnn(C)c1. The standard InChI is InChI=1S/C11H13ClN4O/c1-3-10-14-9(12)4-11(17)16(10)7-8-5-13-15(2)6-8/h4-6H,3,7H2,1-2H3. The first-order chi connectivity index (χ1) is 8.10. The first kappa shape index (κ1) is 11.9. The lowest BCUT2D eigenvalue weighted by atomic mass is 10.3. The summed E-state index contributed by atoms with van der Waals surface area (Å²) in [4.78, 5) is 16.0. The molecule has 0 atom stereocenters. The van der Waals surface area contributed by atoms with Gasteiger partial charge in [-0.3, -0.25) is 14.0 Å². The summed E-state index contributed by atoms with van der Waals surface area (Å²) in [6, 6.07) is 1.33. The van der Waals surface area contributed by atoms with Crippen molar-refractivity contribution in [3.63, 3.8) is 0 Å². The molecule has 5 nitrogen and oxygen atoms in total. The second-order valence-electron chi connectivity index (χ2n) is 3.80. The molecule has 0 aliphatic carbocycles. The van der Waals surface area contributed by atoms with Gasteiger partial charge in [0, 0.05) is 31.3 Å². The van der Waals surface area contributed by atoms with Crippen molar-refractivity contribution < 1.29 is 0 Å². The Kier molecular flexibility index (Phi) is 3.28. The smallest absolute Gasteiger partial charge is 0.255 e. The van der Waals surface area contributed by atoms with Crippen LogP contribution < -0.4 is 5.56 Å². The lowest BCUT2D eigenvalue weighted by Gasteiger charge is -2.09. The van der Waals surface area contributed by atoms with Crippen LogP contribution in [-0.4, -0.2) is 19.3 Å². The van der Waals surface area contributed by atoms with Crippen molar-refractivity contribution in [1.82, 2.24) is 19.3 Å². The minimum atomic E-state index is -0.134. The molecule has 0 radical (unpaired) electrons. The maximum absolute atomic E-state index is 11.8. The van der Waals surface area contributed by atoms with Crippen LogP contribution in [-0.2, 0) is 20.0 Å². The van der Waals surface area contributed by atoms with E-state index < -0.39 is 0 Å². The molecule has 0 saturated heterocycles. The van der Waals surface area contributed by atoms with Crippen LogP contribution >= 0.6 is 11.6 Å². The number of aromatic nitrogens is 4. The van der Waals surface area contributed by atoms with Gasteiger partial charge in [-0.1, -0.05) is 18.5 Å². The van der Waals surface area contributed by atoms with E-state index >= 15 is 0 Å². The summed E-state index contributed by atoms with van der Waals surface area (Å²) in [7, 11) is 1.84. The molecule has 0 aliphatic rings. The van der Waals surface area contributed by atoms with Crippen molar-refractivity contribution in [2.24, 2.45) is 7.05 Å². The zero-order valence-electron chi connectivity index (χ0n) is 9.72. The summed E-state index contributed by atoms with van der Waals surface area (Å²) >= 11 is 5.77. The number of halogens is 1. The zero-order valence-corrected chi connectivity index (χ0v) is 10.5. The summed E-state index contributed by atoms with van der Waals surface area (Å²) in [6.45, 7) is 2.41. The van der Waals surface area contributed by atoms with Gasteiger partial charge < -0.3 is 0 Å². The Hall–Kier alpha value is -1.62. The molecule has 0 saturated carbocycles. The molecule has 0 unspecified atom stereocenters. The Bertz CT molecular complexity index is 587. The second-order valence-corrected chi connectivity index (χ2v) is 4.18. The van der Waals surface area contributed by atoms with Crippen LogP contribution in [0.3, 0.4) is 0 Å².